The molecule has 1 aliphatic rings. The molecule has 2 aromatic rings. The van der Waals surface area contributed by atoms with Gasteiger partial charge >= 0.3 is 11.7 Å². The summed E-state index contributed by atoms with van der Waals surface area (Å²) in [5, 5.41) is 16.2. The molecule has 0 spiro atoms. The third-order valence-corrected chi connectivity index (χ3v) is 4.45. The third kappa shape index (κ3) is 3.84. The first-order valence-corrected chi connectivity index (χ1v) is 8.75. The van der Waals surface area contributed by atoms with Gasteiger partial charge in [-0.3, -0.25) is 9.36 Å². The summed E-state index contributed by atoms with van der Waals surface area (Å²) in [6.45, 7) is 3.29. The van der Waals surface area contributed by atoms with Gasteiger partial charge in [-0.15, -0.1) is 0 Å². The molecule has 0 atom stereocenters. The Hall–Kier alpha value is -2.90. The molecule has 138 valence electrons. The molecule has 1 amide bonds. The van der Waals surface area contributed by atoms with Gasteiger partial charge < -0.3 is 10.4 Å². The van der Waals surface area contributed by atoms with Crippen molar-refractivity contribution >= 4 is 11.9 Å². The number of benzene rings is 1. The van der Waals surface area contributed by atoms with Gasteiger partial charge in [0.25, 0.3) is 5.91 Å². The fraction of sp³-hybridized carbons (Fsp3) is 0.444. The highest BCUT2D eigenvalue weighted by Crippen LogP contribution is 2.11. The number of nitrogens with one attached hydrogen (secondary N) is 1. The summed E-state index contributed by atoms with van der Waals surface area (Å²) < 4.78 is 3.18. The predicted molar refractivity (Wildman–Crippen MR) is 94.5 cm³/mol. The second kappa shape index (κ2) is 7.55. The van der Waals surface area contributed by atoms with E-state index in [0.717, 1.165) is 31.6 Å². The first-order chi connectivity index (χ1) is 12.5. The molecule has 1 aromatic carbocycles. The summed E-state index contributed by atoms with van der Waals surface area (Å²) in [4.78, 5) is 35.5. The minimum Gasteiger partial charge on any atom is -0.478 e. The summed E-state index contributed by atoms with van der Waals surface area (Å²) in [7, 11) is 0. The number of carboxylic acids is 1. The van der Waals surface area contributed by atoms with Gasteiger partial charge in [0.1, 0.15) is 5.82 Å². The van der Waals surface area contributed by atoms with E-state index in [9.17, 15) is 14.4 Å². The minimum atomic E-state index is -1.06. The normalized spacial score (nSPS) is 13.3. The zero-order valence-electron chi connectivity index (χ0n) is 14.7. The van der Waals surface area contributed by atoms with Crippen LogP contribution in [0.4, 0.5) is 0 Å². The molecular formula is C18H22N4O4. The number of hydrogen-bond donors (Lipinski definition) is 2. The molecule has 0 radical (unpaired) electrons. The van der Waals surface area contributed by atoms with Crippen molar-refractivity contribution in [3.63, 3.8) is 0 Å². The molecule has 0 fully saturated rings. The number of carbonyl (C=O) groups is 2. The standard InChI is InChI=1S/C18H22N4O4/c1-12-9-13(11-14(10-12)17(24)25)16(23)19-6-4-8-22-18(26)21-7-3-2-5-15(21)20-22/h9-11H,2-8H2,1H3,(H,19,23)(H,24,25). The number of aromatic carboxylic acids is 1. The SMILES string of the molecule is Cc1cc(C(=O)O)cc(C(=O)NCCCn2nc3n(c2=O)CCCC3)c1. The fourth-order valence-electron chi connectivity index (χ4n) is 3.16. The molecule has 1 aliphatic heterocycles. The Kier molecular flexibility index (Phi) is 5.20. The van der Waals surface area contributed by atoms with Gasteiger partial charge in [0.15, 0.2) is 0 Å². The van der Waals surface area contributed by atoms with Crippen LogP contribution in [-0.4, -0.2) is 37.9 Å². The molecule has 8 nitrogen and oxygen atoms in total. The minimum absolute atomic E-state index is 0.0872. The highest BCUT2D eigenvalue weighted by molar-refractivity contribution is 5.97. The Morgan fingerprint density at radius 1 is 1.23 bits per heavy atom. The summed E-state index contributed by atoms with van der Waals surface area (Å²) in [6.07, 6.45) is 3.46. The molecule has 0 unspecified atom stereocenters. The van der Waals surface area contributed by atoms with Crippen LogP contribution in [0, 0.1) is 6.92 Å². The van der Waals surface area contributed by atoms with Gasteiger partial charge in [-0.1, -0.05) is 0 Å². The maximum atomic E-state index is 12.2. The van der Waals surface area contributed by atoms with Crippen molar-refractivity contribution in [1.29, 1.82) is 0 Å². The Bertz CT molecular complexity index is 897. The van der Waals surface area contributed by atoms with Crippen LogP contribution in [0.15, 0.2) is 23.0 Å². The zero-order chi connectivity index (χ0) is 18.7. The Morgan fingerprint density at radius 3 is 2.73 bits per heavy atom. The summed E-state index contributed by atoms with van der Waals surface area (Å²) in [5.41, 5.74) is 1.03. The number of aryl methyl sites for hydroxylation is 3. The molecule has 0 saturated heterocycles. The third-order valence-electron chi connectivity index (χ3n) is 4.45. The molecule has 0 aliphatic carbocycles. The van der Waals surface area contributed by atoms with Gasteiger partial charge in [-0.25, -0.2) is 14.3 Å². The van der Waals surface area contributed by atoms with E-state index in [4.69, 9.17) is 5.11 Å². The lowest BCUT2D eigenvalue weighted by atomic mass is 10.1. The van der Waals surface area contributed by atoms with Crippen LogP contribution in [0.5, 0.6) is 0 Å². The van der Waals surface area contributed by atoms with Crippen molar-refractivity contribution in [2.45, 2.75) is 45.7 Å². The first-order valence-electron chi connectivity index (χ1n) is 8.75. The van der Waals surface area contributed by atoms with Crippen molar-refractivity contribution in [2.75, 3.05) is 6.54 Å². The zero-order valence-corrected chi connectivity index (χ0v) is 14.7. The number of aromatic nitrogens is 3. The van der Waals surface area contributed by atoms with Crippen LogP contribution in [-0.2, 0) is 19.5 Å². The van der Waals surface area contributed by atoms with Crippen LogP contribution in [0.2, 0.25) is 0 Å². The molecule has 26 heavy (non-hydrogen) atoms. The van der Waals surface area contributed by atoms with E-state index in [0.29, 0.717) is 30.6 Å². The number of fused-ring (bicyclic) bond motifs is 1. The number of nitrogens with zero attached hydrogens (tertiary/aromatic N) is 3. The average Bonchev–Trinajstić information content (AvgIpc) is 2.94. The second-order valence-electron chi connectivity index (χ2n) is 6.53. The van der Waals surface area contributed by atoms with Gasteiger partial charge in [0.2, 0.25) is 0 Å². The van der Waals surface area contributed by atoms with Crippen LogP contribution < -0.4 is 11.0 Å². The van der Waals surface area contributed by atoms with Crippen molar-refractivity contribution in [2.24, 2.45) is 0 Å². The first kappa shape index (κ1) is 17.9. The smallest absolute Gasteiger partial charge is 0.345 e. The topological polar surface area (TPSA) is 106 Å². The summed E-state index contributed by atoms with van der Waals surface area (Å²) in [6, 6.07) is 4.53. The highest BCUT2D eigenvalue weighted by Gasteiger charge is 2.16. The molecule has 1 aromatic heterocycles. The number of carboxylic acid groups (broad SMARTS) is 1. The van der Waals surface area contributed by atoms with Crippen molar-refractivity contribution in [1.82, 2.24) is 19.7 Å². The summed E-state index contributed by atoms with van der Waals surface area (Å²) >= 11 is 0. The lowest BCUT2D eigenvalue weighted by molar-refractivity contribution is 0.0696. The molecular weight excluding hydrogens is 336 g/mol. The number of rotatable bonds is 6. The van der Waals surface area contributed by atoms with E-state index in [1.807, 2.05) is 0 Å². The quantitative estimate of drug-likeness (QED) is 0.755. The number of amides is 1. The number of hydrogen-bond acceptors (Lipinski definition) is 4. The molecule has 0 saturated carbocycles. The van der Waals surface area contributed by atoms with E-state index in [2.05, 4.69) is 10.4 Å². The van der Waals surface area contributed by atoms with E-state index in [1.54, 1.807) is 17.6 Å². The van der Waals surface area contributed by atoms with Crippen molar-refractivity contribution in [3.8, 4) is 0 Å². The molecule has 3 rings (SSSR count). The van der Waals surface area contributed by atoms with Crippen LogP contribution in [0.3, 0.4) is 0 Å². The predicted octanol–water partition coefficient (Wildman–Crippen LogP) is 1.21. The molecule has 2 heterocycles. The maximum absolute atomic E-state index is 12.2. The molecule has 8 heteroatoms. The lowest BCUT2D eigenvalue weighted by Gasteiger charge is -2.09. The van der Waals surface area contributed by atoms with Crippen LogP contribution in [0.25, 0.3) is 0 Å². The van der Waals surface area contributed by atoms with Gasteiger partial charge in [-0.2, -0.15) is 5.10 Å². The fourth-order valence-corrected chi connectivity index (χ4v) is 3.16. The Morgan fingerprint density at radius 2 is 2.00 bits per heavy atom. The van der Waals surface area contributed by atoms with Crippen molar-refractivity contribution < 1.29 is 14.7 Å². The largest absolute Gasteiger partial charge is 0.478 e. The Balaban J connectivity index is 1.56. The summed E-state index contributed by atoms with van der Waals surface area (Å²) in [5.74, 6) is -0.551. The van der Waals surface area contributed by atoms with E-state index < -0.39 is 5.97 Å². The monoisotopic (exact) mass is 358 g/mol. The van der Waals surface area contributed by atoms with Gasteiger partial charge in [-0.05, 0) is 49.9 Å². The van der Waals surface area contributed by atoms with Crippen molar-refractivity contribution in [3.05, 3.63) is 51.2 Å². The molecule has 2 N–H and O–H groups in total. The molecule has 0 bridgehead atoms. The highest BCUT2D eigenvalue weighted by atomic mass is 16.4. The van der Waals surface area contributed by atoms with Crippen LogP contribution >= 0.6 is 0 Å². The van der Waals surface area contributed by atoms with E-state index in [-0.39, 0.29) is 17.2 Å². The van der Waals surface area contributed by atoms with Gasteiger partial charge in [0, 0.05) is 31.6 Å². The lowest BCUT2D eigenvalue weighted by Crippen LogP contribution is -2.29. The van der Waals surface area contributed by atoms with Crippen LogP contribution in [0.1, 0.15) is 51.4 Å². The average molecular weight is 358 g/mol. The maximum Gasteiger partial charge on any atom is 0.345 e. The number of carbonyl (C=O) groups excluding carboxylic acids is 1. The van der Waals surface area contributed by atoms with E-state index >= 15 is 0 Å². The Labute approximate surface area is 150 Å². The van der Waals surface area contributed by atoms with Gasteiger partial charge in [0.05, 0.1) is 5.56 Å². The second-order valence-corrected chi connectivity index (χ2v) is 6.53. The van der Waals surface area contributed by atoms with E-state index in [1.165, 1.54) is 16.8 Å².